The summed E-state index contributed by atoms with van der Waals surface area (Å²) in [6.45, 7) is 3.55. The van der Waals surface area contributed by atoms with Gasteiger partial charge in [0.25, 0.3) is 5.91 Å². The lowest BCUT2D eigenvalue weighted by atomic mass is 10.0. The third kappa shape index (κ3) is 2.61. The number of hydrogen-bond donors (Lipinski definition) is 1. The number of amides is 1. The van der Waals surface area contributed by atoms with Gasteiger partial charge in [-0.05, 0) is 37.5 Å². The van der Waals surface area contributed by atoms with Gasteiger partial charge in [0, 0.05) is 25.0 Å². The third-order valence-corrected chi connectivity index (χ3v) is 3.77. The van der Waals surface area contributed by atoms with Gasteiger partial charge >= 0.3 is 0 Å². The SMILES string of the molecule is CCNc1cnccc1C(=O)N1CCCc2ccccc21. The topological polar surface area (TPSA) is 45.2 Å². The Balaban J connectivity index is 1.97. The molecule has 2 aromatic rings. The highest BCUT2D eigenvalue weighted by molar-refractivity contribution is 6.10. The highest BCUT2D eigenvalue weighted by Gasteiger charge is 2.24. The Morgan fingerprint density at radius 2 is 2.19 bits per heavy atom. The van der Waals surface area contributed by atoms with Gasteiger partial charge in [0.1, 0.15) is 0 Å². The van der Waals surface area contributed by atoms with Crippen molar-refractivity contribution in [1.82, 2.24) is 4.98 Å². The lowest BCUT2D eigenvalue weighted by Gasteiger charge is -2.30. The van der Waals surface area contributed by atoms with Crippen molar-refractivity contribution in [3.63, 3.8) is 0 Å². The van der Waals surface area contributed by atoms with E-state index in [1.54, 1.807) is 18.5 Å². The lowest BCUT2D eigenvalue weighted by Crippen LogP contribution is -2.35. The van der Waals surface area contributed by atoms with Gasteiger partial charge in [0.15, 0.2) is 0 Å². The lowest BCUT2D eigenvalue weighted by molar-refractivity contribution is 0.0986. The number of nitrogens with zero attached hydrogens (tertiary/aromatic N) is 2. The summed E-state index contributed by atoms with van der Waals surface area (Å²) >= 11 is 0. The van der Waals surface area contributed by atoms with Crippen LogP contribution in [0.4, 0.5) is 11.4 Å². The molecule has 0 unspecified atom stereocenters. The number of para-hydroxylation sites is 1. The van der Waals surface area contributed by atoms with Crippen LogP contribution in [0.5, 0.6) is 0 Å². The molecular formula is C17H19N3O. The van der Waals surface area contributed by atoms with Crippen molar-refractivity contribution in [3.05, 3.63) is 53.9 Å². The molecule has 1 aliphatic heterocycles. The van der Waals surface area contributed by atoms with Crippen LogP contribution in [0.1, 0.15) is 29.3 Å². The molecule has 1 amide bonds. The van der Waals surface area contributed by atoms with Crippen molar-refractivity contribution >= 4 is 17.3 Å². The number of nitrogens with one attached hydrogen (secondary N) is 1. The van der Waals surface area contributed by atoms with Crippen LogP contribution >= 0.6 is 0 Å². The number of fused-ring (bicyclic) bond motifs is 1. The molecule has 0 spiro atoms. The fourth-order valence-electron chi connectivity index (χ4n) is 2.80. The van der Waals surface area contributed by atoms with E-state index in [1.807, 2.05) is 30.0 Å². The van der Waals surface area contributed by atoms with Gasteiger partial charge in [0.05, 0.1) is 17.4 Å². The molecule has 21 heavy (non-hydrogen) atoms. The van der Waals surface area contributed by atoms with Gasteiger partial charge in [-0.1, -0.05) is 18.2 Å². The van der Waals surface area contributed by atoms with Gasteiger partial charge in [-0.15, -0.1) is 0 Å². The van der Waals surface area contributed by atoms with Crippen molar-refractivity contribution in [3.8, 4) is 0 Å². The van der Waals surface area contributed by atoms with E-state index in [4.69, 9.17) is 0 Å². The molecule has 1 aromatic heterocycles. The maximum atomic E-state index is 12.9. The second-order valence-electron chi connectivity index (χ2n) is 5.14. The normalized spacial score (nSPS) is 13.7. The highest BCUT2D eigenvalue weighted by Crippen LogP contribution is 2.29. The fraction of sp³-hybridized carbons (Fsp3) is 0.294. The number of hydrogen-bond acceptors (Lipinski definition) is 3. The first-order valence-electron chi connectivity index (χ1n) is 7.39. The quantitative estimate of drug-likeness (QED) is 0.940. The van der Waals surface area contributed by atoms with Gasteiger partial charge in [-0.3, -0.25) is 9.78 Å². The Morgan fingerprint density at radius 3 is 3.05 bits per heavy atom. The number of pyridine rings is 1. The van der Waals surface area contributed by atoms with Gasteiger partial charge in [0.2, 0.25) is 0 Å². The van der Waals surface area contributed by atoms with E-state index in [2.05, 4.69) is 16.4 Å². The summed E-state index contributed by atoms with van der Waals surface area (Å²) in [5.74, 6) is 0.0421. The molecule has 0 saturated carbocycles. The van der Waals surface area contributed by atoms with E-state index in [9.17, 15) is 4.79 Å². The second kappa shape index (κ2) is 5.95. The van der Waals surface area contributed by atoms with Gasteiger partial charge < -0.3 is 10.2 Å². The Labute approximate surface area is 124 Å². The maximum Gasteiger partial charge on any atom is 0.260 e. The summed E-state index contributed by atoms with van der Waals surface area (Å²) in [6, 6.07) is 9.94. The largest absolute Gasteiger partial charge is 0.383 e. The number of aryl methyl sites for hydroxylation is 1. The van der Waals surface area contributed by atoms with Gasteiger partial charge in [-0.2, -0.15) is 0 Å². The van der Waals surface area contributed by atoms with Crippen LogP contribution in [0.3, 0.4) is 0 Å². The van der Waals surface area contributed by atoms with Crippen LogP contribution in [0.15, 0.2) is 42.7 Å². The van der Waals surface area contributed by atoms with Crippen LogP contribution in [-0.4, -0.2) is 24.0 Å². The molecule has 2 heterocycles. The predicted octanol–water partition coefficient (Wildman–Crippen LogP) is 3.11. The minimum atomic E-state index is 0.0421. The van der Waals surface area contributed by atoms with Crippen molar-refractivity contribution in [2.24, 2.45) is 0 Å². The van der Waals surface area contributed by atoms with E-state index < -0.39 is 0 Å². The molecule has 1 aliphatic rings. The van der Waals surface area contributed by atoms with Gasteiger partial charge in [-0.25, -0.2) is 0 Å². The Bertz CT molecular complexity index is 654. The molecule has 0 atom stereocenters. The average molecular weight is 281 g/mol. The monoisotopic (exact) mass is 281 g/mol. The third-order valence-electron chi connectivity index (χ3n) is 3.77. The van der Waals surface area contributed by atoms with E-state index in [-0.39, 0.29) is 5.91 Å². The summed E-state index contributed by atoms with van der Waals surface area (Å²) in [4.78, 5) is 18.9. The standard InChI is InChI=1S/C17H19N3O/c1-2-19-15-12-18-10-9-14(15)17(21)20-11-5-7-13-6-3-4-8-16(13)20/h3-4,6,8-10,12,19H,2,5,7,11H2,1H3. The highest BCUT2D eigenvalue weighted by atomic mass is 16.2. The van der Waals surface area contributed by atoms with E-state index in [0.717, 1.165) is 37.3 Å². The number of benzene rings is 1. The Hall–Kier alpha value is -2.36. The molecule has 1 aromatic carbocycles. The number of carbonyl (C=O) groups excluding carboxylic acids is 1. The summed E-state index contributed by atoms with van der Waals surface area (Å²) in [7, 11) is 0. The zero-order valence-electron chi connectivity index (χ0n) is 12.2. The van der Waals surface area contributed by atoms with Crippen LogP contribution in [0, 0.1) is 0 Å². The summed E-state index contributed by atoms with van der Waals surface area (Å²) in [5, 5.41) is 3.21. The molecule has 0 bridgehead atoms. The molecule has 0 fully saturated rings. The summed E-state index contributed by atoms with van der Waals surface area (Å²) < 4.78 is 0. The predicted molar refractivity (Wildman–Crippen MR) is 84.8 cm³/mol. The minimum Gasteiger partial charge on any atom is -0.383 e. The first-order valence-corrected chi connectivity index (χ1v) is 7.39. The Kier molecular flexibility index (Phi) is 3.86. The van der Waals surface area contributed by atoms with Crippen molar-refractivity contribution in [2.75, 3.05) is 23.3 Å². The number of anilines is 2. The smallest absolute Gasteiger partial charge is 0.260 e. The minimum absolute atomic E-state index is 0.0421. The zero-order chi connectivity index (χ0) is 14.7. The fourth-order valence-corrected chi connectivity index (χ4v) is 2.80. The molecular weight excluding hydrogens is 262 g/mol. The van der Waals surface area contributed by atoms with Crippen LogP contribution in [0.25, 0.3) is 0 Å². The number of rotatable bonds is 3. The average Bonchev–Trinajstić information content (AvgIpc) is 2.54. The van der Waals surface area contributed by atoms with Crippen molar-refractivity contribution < 1.29 is 4.79 Å². The first-order chi connectivity index (χ1) is 10.3. The molecule has 108 valence electrons. The van der Waals surface area contributed by atoms with Crippen molar-refractivity contribution in [2.45, 2.75) is 19.8 Å². The molecule has 0 aliphatic carbocycles. The molecule has 1 N–H and O–H groups in total. The Morgan fingerprint density at radius 1 is 1.33 bits per heavy atom. The van der Waals surface area contributed by atoms with Crippen LogP contribution in [0.2, 0.25) is 0 Å². The number of aromatic nitrogens is 1. The first kappa shape index (κ1) is 13.6. The molecule has 4 nitrogen and oxygen atoms in total. The van der Waals surface area contributed by atoms with Crippen molar-refractivity contribution in [1.29, 1.82) is 0 Å². The molecule has 4 heteroatoms. The summed E-state index contributed by atoms with van der Waals surface area (Å²) in [5.41, 5.74) is 3.76. The van der Waals surface area contributed by atoms with E-state index in [1.165, 1.54) is 5.56 Å². The van der Waals surface area contributed by atoms with Crippen LogP contribution < -0.4 is 10.2 Å². The number of carbonyl (C=O) groups is 1. The summed E-state index contributed by atoms with van der Waals surface area (Å²) in [6.07, 6.45) is 5.43. The molecule has 0 saturated heterocycles. The van der Waals surface area contributed by atoms with Crippen LogP contribution in [-0.2, 0) is 6.42 Å². The van der Waals surface area contributed by atoms with E-state index in [0.29, 0.717) is 5.56 Å². The molecule has 3 rings (SSSR count). The second-order valence-corrected chi connectivity index (χ2v) is 5.14. The molecule has 0 radical (unpaired) electrons. The maximum absolute atomic E-state index is 12.9. The van der Waals surface area contributed by atoms with E-state index >= 15 is 0 Å². The zero-order valence-corrected chi connectivity index (χ0v) is 12.2.